The molecule has 1 aromatic rings. The predicted molar refractivity (Wildman–Crippen MR) is 60.9 cm³/mol. The fraction of sp³-hybridized carbons (Fsp3) is 0.462. The van der Waals surface area contributed by atoms with Crippen LogP contribution in [0.25, 0.3) is 0 Å². The van der Waals surface area contributed by atoms with Gasteiger partial charge in [-0.1, -0.05) is 31.9 Å². The van der Waals surface area contributed by atoms with Crippen LogP contribution in [0.3, 0.4) is 0 Å². The molecule has 1 unspecified atom stereocenters. The van der Waals surface area contributed by atoms with Gasteiger partial charge in [-0.25, -0.2) is 0 Å². The number of methoxy groups -OCH3 is 1. The van der Waals surface area contributed by atoms with Crippen LogP contribution in [-0.4, -0.2) is 7.11 Å². The minimum atomic E-state index is 0.0239. The third-order valence-electron chi connectivity index (χ3n) is 2.52. The summed E-state index contributed by atoms with van der Waals surface area (Å²) in [5.41, 5.74) is 1.09. The number of nitrogens with zero attached hydrogens (tertiary/aromatic N) is 1. The third kappa shape index (κ3) is 3.28. The van der Waals surface area contributed by atoms with E-state index < -0.39 is 0 Å². The highest BCUT2D eigenvalue weighted by atomic mass is 16.5. The maximum atomic E-state index is 9.05. The van der Waals surface area contributed by atoms with Crippen LogP contribution in [0.1, 0.15) is 37.7 Å². The van der Waals surface area contributed by atoms with E-state index >= 15 is 0 Å². The van der Waals surface area contributed by atoms with Gasteiger partial charge in [0.15, 0.2) is 0 Å². The van der Waals surface area contributed by atoms with Gasteiger partial charge < -0.3 is 4.74 Å². The molecule has 0 bridgehead atoms. The maximum Gasteiger partial charge on any atom is 0.118 e. The molecule has 0 N–H and O–H groups in total. The van der Waals surface area contributed by atoms with Crippen LogP contribution < -0.4 is 4.74 Å². The maximum absolute atomic E-state index is 9.05. The number of unbranched alkanes of at least 4 members (excludes halogenated alkanes) is 1. The van der Waals surface area contributed by atoms with E-state index in [1.807, 2.05) is 24.3 Å². The average molecular weight is 203 g/mol. The Hall–Kier alpha value is -1.49. The molecular formula is C13H17NO. The van der Waals surface area contributed by atoms with Crippen molar-refractivity contribution < 1.29 is 4.74 Å². The standard InChI is InChI=1S/C13H17NO/c1-3-4-5-12(10-14)11-6-8-13(15-2)9-7-11/h6-9,12H,3-5H2,1-2H3. The minimum Gasteiger partial charge on any atom is -0.497 e. The van der Waals surface area contributed by atoms with Gasteiger partial charge in [-0.05, 0) is 24.1 Å². The lowest BCUT2D eigenvalue weighted by molar-refractivity contribution is 0.414. The number of rotatable bonds is 5. The Morgan fingerprint density at radius 3 is 2.47 bits per heavy atom. The molecule has 1 atom stereocenters. The van der Waals surface area contributed by atoms with Gasteiger partial charge in [0, 0.05) is 0 Å². The summed E-state index contributed by atoms with van der Waals surface area (Å²) >= 11 is 0. The van der Waals surface area contributed by atoms with Gasteiger partial charge in [-0.3, -0.25) is 0 Å². The summed E-state index contributed by atoms with van der Waals surface area (Å²) in [7, 11) is 1.65. The van der Waals surface area contributed by atoms with Crippen molar-refractivity contribution >= 4 is 0 Å². The van der Waals surface area contributed by atoms with Gasteiger partial charge >= 0.3 is 0 Å². The second-order valence-corrected chi connectivity index (χ2v) is 3.60. The average Bonchev–Trinajstić information content (AvgIpc) is 2.31. The molecule has 0 heterocycles. The molecule has 0 aliphatic carbocycles. The number of ether oxygens (including phenoxy) is 1. The van der Waals surface area contributed by atoms with Crippen LogP contribution in [0.15, 0.2) is 24.3 Å². The summed E-state index contributed by atoms with van der Waals surface area (Å²) in [6, 6.07) is 10.1. The number of nitriles is 1. The van der Waals surface area contributed by atoms with Crippen LogP contribution in [0, 0.1) is 11.3 Å². The summed E-state index contributed by atoms with van der Waals surface area (Å²) < 4.78 is 5.08. The van der Waals surface area contributed by atoms with Crippen LogP contribution >= 0.6 is 0 Å². The second kappa shape index (κ2) is 6.08. The van der Waals surface area contributed by atoms with Crippen molar-refractivity contribution in [2.24, 2.45) is 0 Å². The van der Waals surface area contributed by atoms with E-state index in [2.05, 4.69) is 13.0 Å². The van der Waals surface area contributed by atoms with Gasteiger partial charge in [0.05, 0.1) is 19.1 Å². The lowest BCUT2D eigenvalue weighted by Crippen LogP contribution is -1.95. The smallest absolute Gasteiger partial charge is 0.118 e. The number of benzene rings is 1. The molecule has 80 valence electrons. The molecule has 0 aliphatic heterocycles. The summed E-state index contributed by atoms with van der Waals surface area (Å²) in [5.74, 6) is 0.863. The van der Waals surface area contributed by atoms with E-state index in [9.17, 15) is 0 Å². The van der Waals surface area contributed by atoms with Crippen LogP contribution in [0.4, 0.5) is 0 Å². The molecule has 0 radical (unpaired) electrons. The zero-order chi connectivity index (χ0) is 11.1. The Balaban J connectivity index is 2.70. The lowest BCUT2D eigenvalue weighted by Gasteiger charge is -2.09. The van der Waals surface area contributed by atoms with Gasteiger partial charge in [-0.2, -0.15) is 5.26 Å². The number of hydrogen-bond acceptors (Lipinski definition) is 2. The molecular weight excluding hydrogens is 186 g/mol. The minimum absolute atomic E-state index is 0.0239. The Morgan fingerprint density at radius 2 is 2.00 bits per heavy atom. The second-order valence-electron chi connectivity index (χ2n) is 3.60. The molecule has 2 heteroatoms. The molecule has 0 fully saturated rings. The first kappa shape index (κ1) is 11.6. The first-order valence-electron chi connectivity index (χ1n) is 5.35. The Kier molecular flexibility index (Phi) is 4.70. The molecule has 0 spiro atoms. The molecule has 15 heavy (non-hydrogen) atoms. The summed E-state index contributed by atoms with van der Waals surface area (Å²) in [4.78, 5) is 0. The zero-order valence-electron chi connectivity index (χ0n) is 9.36. The predicted octanol–water partition coefficient (Wildman–Crippen LogP) is 3.49. The van der Waals surface area contributed by atoms with Crippen molar-refractivity contribution in [3.8, 4) is 11.8 Å². The fourth-order valence-electron chi connectivity index (χ4n) is 1.55. The van der Waals surface area contributed by atoms with Gasteiger partial charge in [0.25, 0.3) is 0 Å². The Labute approximate surface area is 91.5 Å². The van der Waals surface area contributed by atoms with E-state index in [1.54, 1.807) is 7.11 Å². The van der Waals surface area contributed by atoms with E-state index in [1.165, 1.54) is 0 Å². The van der Waals surface area contributed by atoms with Crippen LogP contribution in [-0.2, 0) is 0 Å². The van der Waals surface area contributed by atoms with Crippen molar-refractivity contribution in [2.75, 3.05) is 7.11 Å². The quantitative estimate of drug-likeness (QED) is 0.733. The Bertz CT molecular complexity index is 323. The third-order valence-corrected chi connectivity index (χ3v) is 2.52. The molecule has 1 aromatic carbocycles. The van der Waals surface area contributed by atoms with Crippen LogP contribution in [0.2, 0.25) is 0 Å². The van der Waals surface area contributed by atoms with Crippen molar-refractivity contribution in [1.82, 2.24) is 0 Å². The zero-order valence-corrected chi connectivity index (χ0v) is 9.36. The SMILES string of the molecule is CCCCC(C#N)c1ccc(OC)cc1. The van der Waals surface area contributed by atoms with Gasteiger partial charge in [0.1, 0.15) is 5.75 Å². The van der Waals surface area contributed by atoms with E-state index in [0.29, 0.717) is 0 Å². The molecule has 1 rings (SSSR count). The topological polar surface area (TPSA) is 33.0 Å². The summed E-state index contributed by atoms with van der Waals surface area (Å²) in [6.45, 7) is 2.14. The molecule has 0 saturated carbocycles. The monoisotopic (exact) mass is 203 g/mol. The molecule has 0 aliphatic rings. The highest BCUT2D eigenvalue weighted by molar-refractivity contribution is 5.31. The molecule has 0 amide bonds. The summed E-state index contributed by atoms with van der Waals surface area (Å²) in [6.07, 6.45) is 3.18. The van der Waals surface area contributed by atoms with Crippen molar-refractivity contribution in [1.29, 1.82) is 5.26 Å². The van der Waals surface area contributed by atoms with Gasteiger partial charge in [-0.15, -0.1) is 0 Å². The normalized spacial score (nSPS) is 11.8. The van der Waals surface area contributed by atoms with Crippen molar-refractivity contribution in [3.05, 3.63) is 29.8 Å². The van der Waals surface area contributed by atoms with Crippen molar-refractivity contribution in [3.63, 3.8) is 0 Å². The lowest BCUT2D eigenvalue weighted by atomic mass is 9.95. The number of hydrogen-bond donors (Lipinski definition) is 0. The molecule has 2 nitrogen and oxygen atoms in total. The van der Waals surface area contributed by atoms with Crippen LogP contribution in [0.5, 0.6) is 5.75 Å². The molecule has 0 aromatic heterocycles. The van der Waals surface area contributed by atoms with E-state index in [0.717, 1.165) is 30.6 Å². The van der Waals surface area contributed by atoms with E-state index in [-0.39, 0.29) is 5.92 Å². The van der Waals surface area contributed by atoms with Crippen molar-refractivity contribution in [2.45, 2.75) is 32.1 Å². The summed E-state index contributed by atoms with van der Waals surface area (Å²) in [5, 5.41) is 9.05. The highest BCUT2D eigenvalue weighted by Crippen LogP contribution is 2.23. The Morgan fingerprint density at radius 1 is 1.33 bits per heavy atom. The fourth-order valence-corrected chi connectivity index (χ4v) is 1.55. The first-order valence-corrected chi connectivity index (χ1v) is 5.35. The van der Waals surface area contributed by atoms with E-state index in [4.69, 9.17) is 10.00 Å². The highest BCUT2D eigenvalue weighted by Gasteiger charge is 2.09. The first-order chi connectivity index (χ1) is 7.31. The largest absolute Gasteiger partial charge is 0.497 e. The van der Waals surface area contributed by atoms with Gasteiger partial charge in [0.2, 0.25) is 0 Å². The molecule has 0 saturated heterocycles.